The summed E-state index contributed by atoms with van der Waals surface area (Å²) in [5.41, 5.74) is 6.86. The van der Waals surface area contributed by atoms with E-state index in [0.29, 0.717) is 22.7 Å². The van der Waals surface area contributed by atoms with E-state index in [0.717, 1.165) is 31.4 Å². The lowest BCUT2D eigenvalue weighted by molar-refractivity contribution is -0.0145. The second-order valence-corrected chi connectivity index (χ2v) is 6.89. The van der Waals surface area contributed by atoms with E-state index in [4.69, 9.17) is 17.3 Å². The lowest BCUT2D eigenvalue weighted by Gasteiger charge is -2.40. The third-order valence-electron chi connectivity index (χ3n) is 4.14. The van der Waals surface area contributed by atoms with Crippen molar-refractivity contribution >= 4 is 23.0 Å². The van der Waals surface area contributed by atoms with Gasteiger partial charge in [-0.2, -0.15) is 0 Å². The Balaban J connectivity index is 1.95. The lowest BCUT2D eigenvalue weighted by Crippen LogP contribution is -2.42. The average Bonchev–Trinajstić information content (AvgIpc) is 2.33. The van der Waals surface area contributed by atoms with Crippen LogP contribution in [0.4, 0.5) is 11.4 Å². The van der Waals surface area contributed by atoms with Crippen LogP contribution in [0.15, 0.2) is 18.2 Å². The molecule has 1 saturated carbocycles. The van der Waals surface area contributed by atoms with Crippen molar-refractivity contribution in [1.82, 2.24) is 0 Å². The minimum Gasteiger partial charge on any atom is -0.399 e. The molecule has 106 valence electrons. The summed E-state index contributed by atoms with van der Waals surface area (Å²) in [5.74, 6) is 0. The van der Waals surface area contributed by atoms with Crippen molar-refractivity contribution in [2.45, 2.75) is 45.1 Å². The number of rotatable bonds is 3. The molecule has 0 aliphatic heterocycles. The van der Waals surface area contributed by atoms with Crippen LogP contribution < -0.4 is 11.1 Å². The maximum absolute atomic E-state index is 10.6. The van der Waals surface area contributed by atoms with E-state index < -0.39 is 5.60 Å². The number of anilines is 2. The van der Waals surface area contributed by atoms with Crippen molar-refractivity contribution in [2.24, 2.45) is 5.41 Å². The molecule has 0 atom stereocenters. The molecule has 0 bridgehead atoms. The van der Waals surface area contributed by atoms with Crippen LogP contribution in [-0.4, -0.2) is 17.3 Å². The van der Waals surface area contributed by atoms with Crippen LogP contribution in [0.2, 0.25) is 5.02 Å². The number of halogens is 1. The Morgan fingerprint density at radius 1 is 1.26 bits per heavy atom. The van der Waals surface area contributed by atoms with Gasteiger partial charge in [0.25, 0.3) is 0 Å². The maximum atomic E-state index is 10.6. The summed E-state index contributed by atoms with van der Waals surface area (Å²) in [6, 6.07) is 5.38. The first kappa shape index (κ1) is 14.5. The Morgan fingerprint density at radius 2 is 1.89 bits per heavy atom. The van der Waals surface area contributed by atoms with Crippen molar-refractivity contribution in [3.63, 3.8) is 0 Å². The Bertz CT molecular complexity index is 449. The van der Waals surface area contributed by atoms with Crippen LogP contribution in [0.25, 0.3) is 0 Å². The van der Waals surface area contributed by atoms with Gasteiger partial charge < -0.3 is 16.2 Å². The lowest BCUT2D eigenvalue weighted by atomic mass is 9.71. The number of hydrogen-bond donors (Lipinski definition) is 3. The number of nitrogen functional groups attached to an aromatic ring is 1. The van der Waals surface area contributed by atoms with E-state index in [9.17, 15) is 5.11 Å². The fraction of sp³-hybridized carbons (Fsp3) is 0.600. The summed E-state index contributed by atoms with van der Waals surface area (Å²) in [6.45, 7) is 5.06. The third-order valence-corrected chi connectivity index (χ3v) is 4.45. The second kappa shape index (κ2) is 5.22. The number of aliphatic hydroxyl groups is 1. The van der Waals surface area contributed by atoms with Gasteiger partial charge in [0.2, 0.25) is 0 Å². The third kappa shape index (κ3) is 3.77. The molecule has 4 heteroatoms. The Kier molecular flexibility index (Phi) is 3.98. The highest BCUT2D eigenvalue weighted by molar-refractivity contribution is 6.33. The van der Waals surface area contributed by atoms with Gasteiger partial charge in [-0.25, -0.2) is 0 Å². The van der Waals surface area contributed by atoms with Crippen LogP contribution in [0, 0.1) is 5.41 Å². The van der Waals surface area contributed by atoms with Crippen molar-refractivity contribution < 1.29 is 5.11 Å². The quantitative estimate of drug-likeness (QED) is 0.742. The summed E-state index contributed by atoms with van der Waals surface area (Å²) in [5, 5.41) is 14.4. The van der Waals surface area contributed by atoms with Crippen molar-refractivity contribution in [3.05, 3.63) is 23.2 Å². The van der Waals surface area contributed by atoms with E-state index in [-0.39, 0.29) is 0 Å². The van der Waals surface area contributed by atoms with Gasteiger partial charge in [0, 0.05) is 12.2 Å². The molecule has 2 rings (SSSR count). The van der Waals surface area contributed by atoms with Gasteiger partial charge >= 0.3 is 0 Å². The first-order valence-corrected chi connectivity index (χ1v) is 7.19. The molecular formula is C15H23ClN2O. The van der Waals surface area contributed by atoms with Crippen molar-refractivity contribution in [3.8, 4) is 0 Å². The Labute approximate surface area is 120 Å². The second-order valence-electron chi connectivity index (χ2n) is 6.48. The van der Waals surface area contributed by atoms with E-state index in [1.807, 2.05) is 12.1 Å². The molecule has 1 aromatic rings. The van der Waals surface area contributed by atoms with Crippen LogP contribution in [0.5, 0.6) is 0 Å². The summed E-state index contributed by atoms with van der Waals surface area (Å²) >= 11 is 6.11. The van der Waals surface area contributed by atoms with E-state index in [2.05, 4.69) is 19.2 Å². The standard InChI is InChI=1S/C15H23ClN2O/c1-14(2)5-7-15(19,8-6-14)10-18-13-4-3-11(17)9-12(13)16/h3-4,9,18-19H,5-8,10,17H2,1-2H3. The molecule has 3 nitrogen and oxygen atoms in total. The van der Waals surface area contributed by atoms with E-state index in [1.54, 1.807) is 6.07 Å². The maximum Gasteiger partial charge on any atom is 0.0819 e. The highest BCUT2D eigenvalue weighted by Crippen LogP contribution is 2.40. The number of nitrogens with two attached hydrogens (primary N) is 1. The van der Waals surface area contributed by atoms with E-state index >= 15 is 0 Å². The number of benzene rings is 1. The summed E-state index contributed by atoms with van der Waals surface area (Å²) in [4.78, 5) is 0. The van der Waals surface area contributed by atoms with Gasteiger partial charge in [-0.3, -0.25) is 0 Å². The normalized spacial score (nSPS) is 21.1. The average molecular weight is 283 g/mol. The van der Waals surface area contributed by atoms with E-state index in [1.165, 1.54) is 0 Å². The zero-order valence-electron chi connectivity index (χ0n) is 11.7. The molecule has 0 heterocycles. The molecule has 0 saturated heterocycles. The molecule has 0 amide bonds. The number of hydrogen-bond acceptors (Lipinski definition) is 3. The summed E-state index contributed by atoms with van der Waals surface area (Å²) in [6.07, 6.45) is 3.78. The van der Waals surface area contributed by atoms with Crippen molar-refractivity contribution in [1.29, 1.82) is 0 Å². The Morgan fingerprint density at radius 3 is 2.47 bits per heavy atom. The Hall–Kier alpha value is -0.930. The molecule has 0 radical (unpaired) electrons. The fourth-order valence-electron chi connectivity index (χ4n) is 2.50. The van der Waals surface area contributed by atoms with Gasteiger partial charge in [0.1, 0.15) is 0 Å². The minimum absolute atomic E-state index is 0.352. The van der Waals surface area contributed by atoms with Crippen LogP contribution in [-0.2, 0) is 0 Å². The predicted octanol–water partition coefficient (Wildman–Crippen LogP) is 3.67. The molecule has 1 aliphatic carbocycles. The molecule has 4 N–H and O–H groups in total. The largest absolute Gasteiger partial charge is 0.399 e. The zero-order valence-corrected chi connectivity index (χ0v) is 12.4. The van der Waals surface area contributed by atoms with Gasteiger partial charge in [0.15, 0.2) is 0 Å². The highest BCUT2D eigenvalue weighted by Gasteiger charge is 2.36. The zero-order chi connectivity index (χ0) is 14.1. The smallest absolute Gasteiger partial charge is 0.0819 e. The van der Waals surface area contributed by atoms with Crippen LogP contribution >= 0.6 is 11.6 Å². The highest BCUT2D eigenvalue weighted by atomic mass is 35.5. The fourth-order valence-corrected chi connectivity index (χ4v) is 2.76. The SMILES string of the molecule is CC1(C)CCC(O)(CNc2ccc(N)cc2Cl)CC1. The van der Waals surface area contributed by atoms with Gasteiger partial charge in [-0.05, 0) is 49.3 Å². The minimum atomic E-state index is -0.625. The summed E-state index contributed by atoms with van der Waals surface area (Å²) in [7, 11) is 0. The molecule has 0 spiro atoms. The van der Waals surface area contributed by atoms with Crippen molar-refractivity contribution in [2.75, 3.05) is 17.6 Å². The molecule has 1 aliphatic rings. The molecule has 1 aromatic carbocycles. The van der Waals surface area contributed by atoms with Crippen LogP contribution in [0.3, 0.4) is 0 Å². The topological polar surface area (TPSA) is 58.3 Å². The molecule has 19 heavy (non-hydrogen) atoms. The first-order valence-electron chi connectivity index (χ1n) is 6.81. The van der Waals surface area contributed by atoms with Crippen LogP contribution in [0.1, 0.15) is 39.5 Å². The molecule has 0 unspecified atom stereocenters. The van der Waals surface area contributed by atoms with Gasteiger partial charge in [-0.1, -0.05) is 25.4 Å². The molecular weight excluding hydrogens is 260 g/mol. The first-order chi connectivity index (χ1) is 8.80. The molecule has 1 fully saturated rings. The molecule has 0 aromatic heterocycles. The number of nitrogens with one attached hydrogen (secondary N) is 1. The monoisotopic (exact) mass is 282 g/mol. The summed E-state index contributed by atoms with van der Waals surface area (Å²) < 4.78 is 0. The van der Waals surface area contributed by atoms with Gasteiger partial charge in [0.05, 0.1) is 16.3 Å². The predicted molar refractivity (Wildman–Crippen MR) is 81.6 cm³/mol. The van der Waals surface area contributed by atoms with Gasteiger partial charge in [-0.15, -0.1) is 0 Å².